The van der Waals surface area contributed by atoms with E-state index < -0.39 is 5.91 Å². The summed E-state index contributed by atoms with van der Waals surface area (Å²) in [6, 6.07) is 23.3. The number of nitrogens with zero attached hydrogens (tertiary/aromatic N) is 1. The van der Waals surface area contributed by atoms with Crippen molar-refractivity contribution in [1.29, 1.82) is 0 Å². The van der Waals surface area contributed by atoms with Crippen molar-refractivity contribution in [3.63, 3.8) is 0 Å². The normalized spacial score (nSPS) is 12.8. The van der Waals surface area contributed by atoms with Gasteiger partial charge in [-0.1, -0.05) is 48.5 Å². The van der Waals surface area contributed by atoms with Gasteiger partial charge >= 0.3 is 6.03 Å². The molecule has 30 heavy (non-hydrogen) atoms. The molecule has 0 saturated carbocycles. The Bertz CT molecular complexity index is 1050. The SMILES string of the molecule is O=C(NO)c1ccc2c(c1)CCN(C(=O)Nc1ccc(Cc3ccccc3)cc1)C2. The second-order valence-corrected chi connectivity index (χ2v) is 7.39. The highest BCUT2D eigenvalue weighted by Crippen LogP contribution is 2.22. The number of carbonyl (C=O) groups excluding carboxylic acids is 2. The Morgan fingerprint density at radius 1 is 0.900 bits per heavy atom. The molecular weight excluding hydrogens is 378 g/mol. The average molecular weight is 401 g/mol. The Hall–Kier alpha value is -3.64. The van der Waals surface area contributed by atoms with Crippen LogP contribution in [0.1, 0.15) is 32.6 Å². The number of hydrogen-bond donors (Lipinski definition) is 3. The van der Waals surface area contributed by atoms with Gasteiger partial charge in [-0.15, -0.1) is 0 Å². The smallest absolute Gasteiger partial charge is 0.320 e. The third kappa shape index (κ3) is 4.50. The van der Waals surface area contributed by atoms with Crippen LogP contribution in [0.4, 0.5) is 10.5 Å². The van der Waals surface area contributed by atoms with E-state index in [1.165, 1.54) is 11.1 Å². The zero-order valence-corrected chi connectivity index (χ0v) is 16.5. The third-order valence-corrected chi connectivity index (χ3v) is 5.33. The molecule has 0 radical (unpaired) electrons. The summed E-state index contributed by atoms with van der Waals surface area (Å²) >= 11 is 0. The van der Waals surface area contributed by atoms with E-state index in [1.807, 2.05) is 48.5 Å². The molecule has 152 valence electrons. The molecule has 6 heteroatoms. The molecule has 1 aliphatic heterocycles. The van der Waals surface area contributed by atoms with E-state index in [0.717, 1.165) is 23.2 Å². The standard InChI is InChI=1S/C24H23N3O3/c28-23(26-30)20-8-9-21-16-27(13-12-19(21)15-20)24(29)25-22-10-6-18(7-11-22)14-17-4-2-1-3-5-17/h1-11,15,30H,12-14,16H2,(H,25,29)(H,26,28). The molecule has 3 aromatic rings. The zero-order chi connectivity index (χ0) is 20.9. The van der Waals surface area contributed by atoms with E-state index in [-0.39, 0.29) is 6.03 Å². The zero-order valence-electron chi connectivity index (χ0n) is 16.5. The summed E-state index contributed by atoms with van der Waals surface area (Å²) in [4.78, 5) is 26.0. The number of amides is 3. The van der Waals surface area contributed by atoms with Crippen LogP contribution in [-0.4, -0.2) is 28.6 Å². The monoisotopic (exact) mass is 401 g/mol. The molecule has 3 N–H and O–H groups in total. The molecule has 0 spiro atoms. The average Bonchev–Trinajstić information content (AvgIpc) is 2.79. The fourth-order valence-electron chi connectivity index (χ4n) is 3.67. The Morgan fingerprint density at radius 3 is 2.37 bits per heavy atom. The van der Waals surface area contributed by atoms with Crippen LogP contribution in [0.15, 0.2) is 72.8 Å². The Morgan fingerprint density at radius 2 is 1.63 bits per heavy atom. The Balaban J connectivity index is 1.37. The maximum atomic E-state index is 12.7. The van der Waals surface area contributed by atoms with Crippen LogP contribution in [0, 0.1) is 0 Å². The van der Waals surface area contributed by atoms with Gasteiger partial charge in [0.15, 0.2) is 0 Å². The topological polar surface area (TPSA) is 81.7 Å². The van der Waals surface area contributed by atoms with Gasteiger partial charge in [0.05, 0.1) is 0 Å². The van der Waals surface area contributed by atoms with Crippen molar-refractivity contribution in [1.82, 2.24) is 10.4 Å². The number of carbonyl (C=O) groups is 2. The summed E-state index contributed by atoms with van der Waals surface area (Å²) in [5.74, 6) is -0.534. The molecule has 0 aromatic heterocycles. The Kier molecular flexibility index (Phi) is 5.77. The molecular formula is C24H23N3O3. The summed E-state index contributed by atoms with van der Waals surface area (Å²) in [6.07, 6.45) is 1.51. The number of nitrogens with one attached hydrogen (secondary N) is 2. The highest BCUT2D eigenvalue weighted by Gasteiger charge is 2.21. The Labute approximate surface area is 175 Å². The minimum Gasteiger partial charge on any atom is -0.320 e. The minimum atomic E-state index is -0.534. The van der Waals surface area contributed by atoms with Gasteiger partial charge in [-0.3, -0.25) is 10.0 Å². The fraction of sp³-hybridized carbons (Fsp3) is 0.167. The molecule has 0 aliphatic carbocycles. The molecule has 0 saturated heterocycles. The summed E-state index contributed by atoms with van der Waals surface area (Å²) in [6.45, 7) is 1.05. The highest BCUT2D eigenvalue weighted by molar-refractivity contribution is 5.93. The number of urea groups is 1. The van der Waals surface area contributed by atoms with Crippen LogP contribution in [0.25, 0.3) is 0 Å². The molecule has 0 fully saturated rings. The van der Waals surface area contributed by atoms with Gasteiger partial charge in [-0.2, -0.15) is 0 Å². The summed E-state index contributed by atoms with van der Waals surface area (Å²) in [7, 11) is 0. The van der Waals surface area contributed by atoms with E-state index in [4.69, 9.17) is 5.21 Å². The molecule has 0 unspecified atom stereocenters. The van der Waals surface area contributed by atoms with Crippen molar-refractivity contribution in [2.24, 2.45) is 0 Å². The van der Waals surface area contributed by atoms with Crippen LogP contribution in [-0.2, 0) is 19.4 Å². The van der Waals surface area contributed by atoms with E-state index in [9.17, 15) is 9.59 Å². The highest BCUT2D eigenvalue weighted by atomic mass is 16.5. The molecule has 4 rings (SSSR count). The van der Waals surface area contributed by atoms with Crippen molar-refractivity contribution in [2.75, 3.05) is 11.9 Å². The predicted octanol–water partition coefficient (Wildman–Crippen LogP) is 3.99. The van der Waals surface area contributed by atoms with Gasteiger partial charge in [0.2, 0.25) is 0 Å². The lowest BCUT2D eigenvalue weighted by atomic mass is 9.97. The number of fused-ring (bicyclic) bond motifs is 1. The van der Waals surface area contributed by atoms with Crippen molar-refractivity contribution >= 4 is 17.6 Å². The van der Waals surface area contributed by atoms with Crippen molar-refractivity contribution < 1.29 is 14.8 Å². The second kappa shape index (κ2) is 8.80. The molecule has 3 aromatic carbocycles. The summed E-state index contributed by atoms with van der Waals surface area (Å²) in [5.41, 5.74) is 7.28. The van der Waals surface area contributed by atoms with Crippen molar-refractivity contribution in [3.8, 4) is 0 Å². The first-order chi connectivity index (χ1) is 14.6. The summed E-state index contributed by atoms with van der Waals surface area (Å²) in [5, 5.41) is 11.7. The molecule has 3 amide bonds. The summed E-state index contributed by atoms with van der Waals surface area (Å²) < 4.78 is 0. The molecule has 6 nitrogen and oxygen atoms in total. The van der Waals surface area contributed by atoms with Gasteiger partial charge in [0, 0.05) is 24.3 Å². The number of hydrogen-bond acceptors (Lipinski definition) is 3. The maximum absolute atomic E-state index is 12.7. The van der Waals surface area contributed by atoms with Crippen LogP contribution < -0.4 is 10.8 Å². The molecule has 0 bridgehead atoms. The van der Waals surface area contributed by atoms with Gasteiger partial charge in [-0.05, 0) is 59.4 Å². The first kappa shape index (κ1) is 19.7. The molecule has 1 aliphatic rings. The number of benzene rings is 3. The lowest BCUT2D eigenvalue weighted by Crippen LogP contribution is -2.39. The minimum absolute atomic E-state index is 0.145. The quantitative estimate of drug-likeness (QED) is 0.457. The van der Waals surface area contributed by atoms with E-state index in [2.05, 4.69) is 17.4 Å². The number of rotatable bonds is 4. The predicted molar refractivity (Wildman–Crippen MR) is 115 cm³/mol. The molecule has 1 heterocycles. The maximum Gasteiger partial charge on any atom is 0.322 e. The van der Waals surface area contributed by atoms with Crippen molar-refractivity contribution in [2.45, 2.75) is 19.4 Å². The largest absolute Gasteiger partial charge is 0.322 e. The van der Waals surface area contributed by atoms with E-state index in [1.54, 1.807) is 22.5 Å². The number of hydroxylamine groups is 1. The van der Waals surface area contributed by atoms with Gasteiger partial charge < -0.3 is 10.2 Å². The van der Waals surface area contributed by atoms with Gasteiger partial charge in [-0.25, -0.2) is 10.3 Å². The number of anilines is 1. The van der Waals surface area contributed by atoms with Gasteiger partial charge in [0.1, 0.15) is 0 Å². The molecule has 0 atom stereocenters. The van der Waals surface area contributed by atoms with Gasteiger partial charge in [0.25, 0.3) is 5.91 Å². The third-order valence-electron chi connectivity index (χ3n) is 5.33. The van der Waals surface area contributed by atoms with E-state index >= 15 is 0 Å². The fourth-order valence-corrected chi connectivity index (χ4v) is 3.67. The lowest BCUT2D eigenvalue weighted by molar-refractivity contribution is 0.0706. The van der Waals surface area contributed by atoms with E-state index in [0.29, 0.717) is 25.1 Å². The first-order valence-corrected chi connectivity index (χ1v) is 9.87. The first-order valence-electron chi connectivity index (χ1n) is 9.87. The van der Waals surface area contributed by atoms with Crippen LogP contribution in [0.5, 0.6) is 0 Å². The lowest BCUT2D eigenvalue weighted by Gasteiger charge is -2.29. The van der Waals surface area contributed by atoms with Crippen LogP contribution >= 0.6 is 0 Å². The van der Waals surface area contributed by atoms with Crippen molar-refractivity contribution in [3.05, 3.63) is 101 Å². The van der Waals surface area contributed by atoms with Crippen LogP contribution in [0.2, 0.25) is 0 Å². The second-order valence-electron chi connectivity index (χ2n) is 7.39. The van der Waals surface area contributed by atoms with Crippen LogP contribution in [0.3, 0.4) is 0 Å².